The normalized spacial score (nSPS) is 14.0. The fourth-order valence-corrected chi connectivity index (χ4v) is 3.29. The van der Waals surface area contributed by atoms with Crippen LogP contribution in [-0.4, -0.2) is 16.6 Å². The Morgan fingerprint density at radius 3 is 2.78 bits per heavy atom. The number of pyridine rings is 1. The first-order chi connectivity index (χ1) is 11.2. The molecule has 3 nitrogen and oxygen atoms in total. The van der Waals surface area contributed by atoms with E-state index in [9.17, 15) is 5.11 Å². The Morgan fingerprint density at radius 1 is 1.13 bits per heavy atom. The molecular formula is C19H17ClN2O. The van der Waals surface area contributed by atoms with Gasteiger partial charge in [-0.25, -0.2) is 4.98 Å². The van der Waals surface area contributed by atoms with E-state index in [0.717, 1.165) is 36.0 Å². The Balaban J connectivity index is 1.80. The molecule has 0 unspecified atom stereocenters. The maximum absolute atomic E-state index is 10.3. The van der Waals surface area contributed by atoms with Crippen molar-refractivity contribution in [3.05, 3.63) is 69.9 Å². The monoisotopic (exact) mass is 324 g/mol. The highest BCUT2D eigenvalue weighted by atomic mass is 35.5. The number of halogens is 1. The van der Waals surface area contributed by atoms with Gasteiger partial charge >= 0.3 is 0 Å². The van der Waals surface area contributed by atoms with Gasteiger partial charge in [0, 0.05) is 23.4 Å². The Kier molecular flexibility index (Phi) is 3.68. The van der Waals surface area contributed by atoms with Crippen LogP contribution in [0.1, 0.15) is 22.4 Å². The smallest absolute Gasteiger partial charge is 0.138 e. The maximum Gasteiger partial charge on any atom is 0.138 e. The van der Waals surface area contributed by atoms with Crippen molar-refractivity contribution < 1.29 is 5.11 Å². The Morgan fingerprint density at radius 2 is 1.96 bits per heavy atom. The fraction of sp³-hybridized carbons (Fsp3) is 0.211. The molecule has 2 aromatic carbocycles. The van der Waals surface area contributed by atoms with Gasteiger partial charge in [-0.3, -0.25) is 0 Å². The molecule has 1 aliphatic heterocycles. The zero-order chi connectivity index (χ0) is 15.8. The number of rotatable bonds is 2. The van der Waals surface area contributed by atoms with Gasteiger partial charge in [0.1, 0.15) is 5.75 Å². The van der Waals surface area contributed by atoms with Gasteiger partial charge < -0.3 is 10.4 Å². The maximum atomic E-state index is 10.3. The number of nitrogens with zero attached hydrogens (tertiary/aromatic N) is 1. The highest BCUT2D eigenvalue weighted by molar-refractivity contribution is 6.30. The van der Waals surface area contributed by atoms with E-state index < -0.39 is 0 Å². The molecule has 0 amide bonds. The molecule has 0 saturated carbocycles. The summed E-state index contributed by atoms with van der Waals surface area (Å²) in [5, 5.41) is 15.4. The summed E-state index contributed by atoms with van der Waals surface area (Å²) in [6, 6.07) is 13.7. The van der Waals surface area contributed by atoms with Crippen molar-refractivity contribution in [2.75, 3.05) is 6.54 Å². The molecule has 0 saturated heterocycles. The summed E-state index contributed by atoms with van der Waals surface area (Å²) >= 11 is 5.93. The van der Waals surface area contributed by atoms with Gasteiger partial charge in [-0.05, 0) is 47.9 Å². The Bertz CT molecular complexity index is 875. The molecule has 1 aliphatic rings. The number of fused-ring (bicyclic) bond motifs is 3. The lowest BCUT2D eigenvalue weighted by Crippen LogP contribution is -2.24. The van der Waals surface area contributed by atoms with Crippen molar-refractivity contribution in [3.63, 3.8) is 0 Å². The van der Waals surface area contributed by atoms with Crippen LogP contribution in [0.3, 0.4) is 0 Å². The summed E-state index contributed by atoms with van der Waals surface area (Å²) < 4.78 is 0. The molecule has 3 aromatic rings. The lowest BCUT2D eigenvalue weighted by atomic mass is 9.97. The summed E-state index contributed by atoms with van der Waals surface area (Å²) in [5.41, 5.74) is 5.40. The number of aromatic hydroxyl groups is 1. The second kappa shape index (κ2) is 5.84. The van der Waals surface area contributed by atoms with Crippen molar-refractivity contribution in [2.24, 2.45) is 0 Å². The zero-order valence-corrected chi connectivity index (χ0v) is 13.4. The second-order valence-electron chi connectivity index (χ2n) is 5.96. The predicted molar refractivity (Wildman–Crippen MR) is 93.1 cm³/mol. The SMILES string of the molecule is Oc1cc2ccc3c(c2nc1Cc1ccc(Cl)cc1)CNCC3. The van der Waals surface area contributed by atoms with E-state index in [4.69, 9.17) is 16.6 Å². The van der Waals surface area contributed by atoms with Crippen LogP contribution in [0.25, 0.3) is 10.9 Å². The van der Waals surface area contributed by atoms with Crippen molar-refractivity contribution >= 4 is 22.5 Å². The van der Waals surface area contributed by atoms with E-state index in [2.05, 4.69) is 17.4 Å². The lowest BCUT2D eigenvalue weighted by Gasteiger charge is -2.19. The summed E-state index contributed by atoms with van der Waals surface area (Å²) in [5.74, 6) is 0.246. The van der Waals surface area contributed by atoms with Crippen LogP contribution in [0, 0.1) is 0 Å². The van der Waals surface area contributed by atoms with Crippen molar-refractivity contribution in [3.8, 4) is 5.75 Å². The van der Waals surface area contributed by atoms with Crippen LogP contribution in [0.15, 0.2) is 42.5 Å². The molecule has 0 bridgehead atoms. The van der Waals surface area contributed by atoms with Crippen LogP contribution in [0.2, 0.25) is 5.02 Å². The van der Waals surface area contributed by atoms with E-state index in [0.29, 0.717) is 17.1 Å². The Labute approximate surface area is 139 Å². The van der Waals surface area contributed by atoms with Crippen LogP contribution < -0.4 is 5.32 Å². The van der Waals surface area contributed by atoms with Gasteiger partial charge in [0.25, 0.3) is 0 Å². The molecule has 4 heteroatoms. The molecule has 0 fully saturated rings. The predicted octanol–water partition coefficient (Wildman–Crippen LogP) is 3.83. The Hall–Kier alpha value is -2.10. The topological polar surface area (TPSA) is 45.2 Å². The molecular weight excluding hydrogens is 308 g/mol. The van der Waals surface area contributed by atoms with Gasteiger partial charge in [0.2, 0.25) is 0 Å². The molecule has 0 aliphatic carbocycles. The lowest BCUT2D eigenvalue weighted by molar-refractivity contribution is 0.467. The number of hydrogen-bond acceptors (Lipinski definition) is 3. The second-order valence-corrected chi connectivity index (χ2v) is 6.40. The quantitative estimate of drug-likeness (QED) is 0.753. The number of aromatic nitrogens is 1. The number of nitrogens with one attached hydrogen (secondary N) is 1. The molecule has 0 spiro atoms. The van der Waals surface area contributed by atoms with Crippen molar-refractivity contribution in [2.45, 2.75) is 19.4 Å². The van der Waals surface area contributed by atoms with E-state index in [1.165, 1.54) is 11.1 Å². The average Bonchev–Trinajstić information content (AvgIpc) is 2.57. The average molecular weight is 325 g/mol. The highest BCUT2D eigenvalue weighted by Gasteiger charge is 2.15. The third-order valence-corrected chi connectivity index (χ3v) is 4.66. The first-order valence-corrected chi connectivity index (χ1v) is 8.17. The third kappa shape index (κ3) is 2.78. The standard InChI is InChI=1S/C19H17ClN2O/c20-15-5-1-12(2-6-15)9-17-18(23)10-14-4-3-13-7-8-21-11-16(13)19(14)22-17/h1-6,10,21,23H,7-9,11H2. The minimum absolute atomic E-state index is 0.246. The highest BCUT2D eigenvalue weighted by Crippen LogP contribution is 2.29. The first kappa shape index (κ1) is 14.5. The van der Waals surface area contributed by atoms with Gasteiger partial charge in [-0.2, -0.15) is 0 Å². The third-order valence-electron chi connectivity index (χ3n) is 4.40. The molecule has 23 heavy (non-hydrogen) atoms. The van der Waals surface area contributed by atoms with Crippen molar-refractivity contribution in [1.82, 2.24) is 10.3 Å². The molecule has 1 aromatic heterocycles. The van der Waals surface area contributed by atoms with Gasteiger partial charge in [-0.1, -0.05) is 35.9 Å². The summed E-state index contributed by atoms with van der Waals surface area (Å²) in [7, 11) is 0. The van der Waals surface area contributed by atoms with Gasteiger partial charge in [-0.15, -0.1) is 0 Å². The van der Waals surface area contributed by atoms with E-state index in [1.807, 2.05) is 30.3 Å². The largest absolute Gasteiger partial charge is 0.506 e. The number of hydrogen-bond donors (Lipinski definition) is 2. The molecule has 2 heterocycles. The fourth-order valence-electron chi connectivity index (χ4n) is 3.16. The minimum Gasteiger partial charge on any atom is -0.506 e. The summed E-state index contributed by atoms with van der Waals surface area (Å²) in [6.45, 7) is 1.85. The van der Waals surface area contributed by atoms with Crippen LogP contribution in [-0.2, 0) is 19.4 Å². The molecule has 4 rings (SSSR count). The first-order valence-electron chi connectivity index (χ1n) is 7.79. The summed E-state index contributed by atoms with van der Waals surface area (Å²) in [4.78, 5) is 4.78. The summed E-state index contributed by atoms with van der Waals surface area (Å²) in [6.07, 6.45) is 1.62. The van der Waals surface area contributed by atoms with Gasteiger partial charge in [0.05, 0.1) is 11.2 Å². The molecule has 2 N–H and O–H groups in total. The van der Waals surface area contributed by atoms with E-state index in [1.54, 1.807) is 0 Å². The van der Waals surface area contributed by atoms with Crippen molar-refractivity contribution in [1.29, 1.82) is 0 Å². The van der Waals surface area contributed by atoms with Gasteiger partial charge in [0.15, 0.2) is 0 Å². The molecule has 0 atom stereocenters. The minimum atomic E-state index is 0.246. The van der Waals surface area contributed by atoms with E-state index in [-0.39, 0.29) is 5.75 Å². The van der Waals surface area contributed by atoms with E-state index >= 15 is 0 Å². The molecule has 116 valence electrons. The number of benzene rings is 2. The molecule has 0 radical (unpaired) electrons. The zero-order valence-electron chi connectivity index (χ0n) is 12.6. The van der Waals surface area contributed by atoms with Crippen LogP contribution in [0.4, 0.5) is 0 Å². The van der Waals surface area contributed by atoms with Crippen LogP contribution >= 0.6 is 11.6 Å². The van der Waals surface area contributed by atoms with Crippen LogP contribution in [0.5, 0.6) is 5.75 Å².